The van der Waals surface area contributed by atoms with E-state index >= 15 is 0 Å². The van der Waals surface area contributed by atoms with Crippen LogP contribution >= 0.6 is 0 Å². The SMILES string of the molecule is COc1ccc(CN2CC[C@H]3[C@@H](C2)c2cccc4c2N3CCN4C)cc1. The van der Waals surface area contributed by atoms with Gasteiger partial charge in [-0.05, 0) is 35.7 Å². The first-order chi connectivity index (χ1) is 12.7. The average molecular weight is 349 g/mol. The third kappa shape index (κ3) is 2.47. The molecule has 4 nitrogen and oxygen atoms in total. The molecule has 0 aliphatic carbocycles. The predicted octanol–water partition coefficient (Wildman–Crippen LogP) is 3.32. The van der Waals surface area contributed by atoms with E-state index in [9.17, 15) is 0 Å². The zero-order valence-corrected chi connectivity index (χ0v) is 15.7. The molecule has 5 rings (SSSR count). The number of fused-ring (bicyclic) bond motifs is 3. The van der Waals surface area contributed by atoms with Crippen LogP contribution in [0.25, 0.3) is 0 Å². The second-order valence-electron chi connectivity index (χ2n) is 7.88. The Morgan fingerprint density at radius 1 is 1.04 bits per heavy atom. The van der Waals surface area contributed by atoms with Gasteiger partial charge in [0.2, 0.25) is 0 Å². The van der Waals surface area contributed by atoms with Crippen LogP contribution in [0.3, 0.4) is 0 Å². The molecule has 26 heavy (non-hydrogen) atoms. The van der Waals surface area contributed by atoms with Crippen molar-refractivity contribution in [2.45, 2.75) is 24.9 Å². The van der Waals surface area contributed by atoms with Crippen LogP contribution in [0.1, 0.15) is 23.5 Å². The van der Waals surface area contributed by atoms with Gasteiger partial charge in [-0.2, -0.15) is 0 Å². The van der Waals surface area contributed by atoms with Gasteiger partial charge in [-0.25, -0.2) is 0 Å². The van der Waals surface area contributed by atoms with Crippen LogP contribution in [0.2, 0.25) is 0 Å². The summed E-state index contributed by atoms with van der Waals surface area (Å²) in [4.78, 5) is 7.76. The molecule has 0 radical (unpaired) electrons. The minimum atomic E-state index is 0.642. The summed E-state index contributed by atoms with van der Waals surface area (Å²) in [5.41, 5.74) is 5.88. The van der Waals surface area contributed by atoms with Gasteiger partial charge in [-0.1, -0.05) is 24.3 Å². The van der Waals surface area contributed by atoms with E-state index in [0.29, 0.717) is 12.0 Å². The Kier molecular flexibility index (Phi) is 3.82. The molecule has 2 atom stereocenters. The van der Waals surface area contributed by atoms with E-state index in [-0.39, 0.29) is 0 Å². The zero-order chi connectivity index (χ0) is 17.7. The number of rotatable bonds is 3. The molecule has 0 aromatic heterocycles. The van der Waals surface area contributed by atoms with Crippen LogP contribution in [-0.2, 0) is 6.54 Å². The van der Waals surface area contributed by atoms with Crippen LogP contribution < -0.4 is 14.5 Å². The second kappa shape index (κ2) is 6.20. The lowest BCUT2D eigenvalue weighted by atomic mass is 9.89. The first-order valence-electron chi connectivity index (χ1n) is 9.70. The highest BCUT2D eigenvalue weighted by Gasteiger charge is 2.44. The monoisotopic (exact) mass is 349 g/mol. The fourth-order valence-corrected chi connectivity index (χ4v) is 5.11. The highest BCUT2D eigenvalue weighted by molar-refractivity contribution is 5.80. The van der Waals surface area contributed by atoms with Crippen LogP contribution in [0.5, 0.6) is 5.75 Å². The molecule has 3 aliphatic rings. The first kappa shape index (κ1) is 16.0. The summed E-state index contributed by atoms with van der Waals surface area (Å²) < 4.78 is 5.28. The Bertz CT molecular complexity index is 804. The summed E-state index contributed by atoms with van der Waals surface area (Å²) >= 11 is 0. The molecule has 0 saturated carbocycles. The summed E-state index contributed by atoms with van der Waals surface area (Å²) in [7, 11) is 3.95. The largest absolute Gasteiger partial charge is 0.497 e. The van der Waals surface area contributed by atoms with Crippen LogP contribution in [0.4, 0.5) is 11.4 Å². The van der Waals surface area contributed by atoms with E-state index in [2.05, 4.69) is 64.2 Å². The fourth-order valence-electron chi connectivity index (χ4n) is 5.11. The van der Waals surface area contributed by atoms with Gasteiger partial charge in [-0.15, -0.1) is 0 Å². The Morgan fingerprint density at radius 3 is 2.69 bits per heavy atom. The molecule has 3 heterocycles. The third-order valence-electron chi connectivity index (χ3n) is 6.45. The molecule has 2 aromatic carbocycles. The van der Waals surface area contributed by atoms with E-state index in [1.165, 1.54) is 36.4 Å². The maximum atomic E-state index is 5.28. The number of hydrogen-bond acceptors (Lipinski definition) is 4. The number of methoxy groups -OCH3 is 1. The summed E-state index contributed by atoms with van der Waals surface area (Å²) in [5, 5.41) is 0. The van der Waals surface area contributed by atoms with Crippen molar-refractivity contribution in [3.63, 3.8) is 0 Å². The lowest BCUT2D eigenvalue weighted by Gasteiger charge is -2.41. The van der Waals surface area contributed by atoms with Crippen molar-refractivity contribution in [2.75, 3.05) is 50.1 Å². The molecule has 0 bridgehead atoms. The van der Waals surface area contributed by atoms with Gasteiger partial charge in [0.05, 0.1) is 18.5 Å². The van der Waals surface area contributed by atoms with Crippen LogP contribution in [0.15, 0.2) is 42.5 Å². The van der Waals surface area contributed by atoms with Gasteiger partial charge < -0.3 is 14.5 Å². The molecule has 4 heteroatoms. The highest BCUT2D eigenvalue weighted by atomic mass is 16.5. The number of hydrogen-bond donors (Lipinski definition) is 0. The maximum absolute atomic E-state index is 5.28. The Hall–Kier alpha value is -2.20. The van der Waals surface area contributed by atoms with E-state index in [1.807, 2.05) is 0 Å². The molecule has 0 N–H and O–H groups in total. The molecule has 0 amide bonds. The summed E-state index contributed by atoms with van der Waals surface area (Å²) in [6, 6.07) is 16.1. The number of likely N-dealkylation sites (tertiary alicyclic amines) is 1. The number of nitrogens with zero attached hydrogens (tertiary/aromatic N) is 3. The number of ether oxygens (including phenoxy) is 1. The summed E-state index contributed by atoms with van der Waals surface area (Å²) in [6.45, 7) is 5.67. The van der Waals surface area contributed by atoms with Crippen molar-refractivity contribution in [1.29, 1.82) is 0 Å². The smallest absolute Gasteiger partial charge is 0.118 e. The highest BCUT2D eigenvalue weighted by Crippen LogP contribution is 2.50. The van der Waals surface area contributed by atoms with Crippen molar-refractivity contribution in [3.05, 3.63) is 53.6 Å². The van der Waals surface area contributed by atoms with Gasteiger partial charge in [0.25, 0.3) is 0 Å². The summed E-state index contributed by atoms with van der Waals surface area (Å²) in [5.74, 6) is 1.58. The number of likely N-dealkylation sites (N-methyl/N-ethyl adjacent to an activating group) is 1. The van der Waals surface area contributed by atoms with Crippen molar-refractivity contribution in [3.8, 4) is 5.75 Å². The number of benzene rings is 2. The van der Waals surface area contributed by atoms with Crippen molar-refractivity contribution in [1.82, 2.24) is 4.90 Å². The second-order valence-corrected chi connectivity index (χ2v) is 7.88. The topological polar surface area (TPSA) is 19.0 Å². The molecular weight excluding hydrogens is 322 g/mol. The van der Waals surface area contributed by atoms with Crippen molar-refractivity contribution < 1.29 is 4.74 Å². The normalized spacial score (nSPS) is 24.4. The molecular formula is C22H27N3O. The molecule has 3 aliphatic heterocycles. The molecule has 2 aromatic rings. The number of anilines is 2. The van der Waals surface area contributed by atoms with E-state index in [1.54, 1.807) is 12.7 Å². The van der Waals surface area contributed by atoms with Gasteiger partial charge in [-0.3, -0.25) is 4.90 Å². The molecule has 0 unspecified atom stereocenters. The van der Waals surface area contributed by atoms with Gasteiger partial charge >= 0.3 is 0 Å². The standard InChI is InChI=1S/C22H27N3O/c1-23-12-13-25-20-10-11-24(14-16-6-8-17(26-2)9-7-16)15-19(20)18-4-3-5-21(23)22(18)25/h3-9,19-20H,10-15H2,1-2H3/t19-,20-/m0/s1. The zero-order valence-electron chi connectivity index (χ0n) is 15.7. The Balaban J connectivity index is 1.38. The molecule has 136 valence electrons. The number of para-hydroxylation sites is 1. The molecule has 1 saturated heterocycles. The Morgan fingerprint density at radius 2 is 1.88 bits per heavy atom. The average Bonchev–Trinajstić information content (AvgIpc) is 3.00. The van der Waals surface area contributed by atoms with Crippen molar-refractivity contribution in [2.24, 2.45) is 0 Å². The molecule has 0 spiro atoms. The Labute approximate surface area is 156 Å². The van der Waals surface area contributed by atoms with Gasteiger partial charge in [0.1, 0.15) is 5.75 Å². The van der Waals surface area contributed by atoms with Crippen LogP contribution in [-0.4, -0.2) is 51.3 Å². The number of piperidine rings is 1. The lowest BCUT2D eigenvalue weighted by molar-refractivity contribution is 0.186. The van der Waals surface area contributed by atoms with E-state index in [4.69, 9.17) is 4.74 Å². The first-order valence-corrected chi connectivity index (χ1v) is 9.70. The minimum Gasteiger partial charge on any atom is -0.497 e. The predicted molar refractivity (Wildman–Crippen MR) is 106 cm³/mol. The lowest BCUT2D eigenvalue weighted by Crippen LogP contribution is -2.49. The maximum Gasteiger partial charge on any atom is 0.118 e. The van der Waals surface area contributed by atoms with Crippen molar-refractivity contribution >= 4 is 11.4 Å². The van der Waals surface area contributed by atoms with Gasteiger partial charge in [0, 0.05) is 51.7 Å². The summed E-state index contributed by atoms with van der Waals surface area (Å²) in [6.07, 6.45) is 1.26. The fraction of sp³-hybridized carbons (Fsp3) is 0.455. The molecule has 1 fully saturated rings. The van der Waals surface area contributed by atoms with Gasteiger partial charge in [0.15, 0.2) is 0 Å². The van der Waals surface area contributed by atoms with Crippen LogP contribution in [0, 0.1) is 0 Å². The third-order valence-corrected chi connectivity index (χ3v) is 6.45. The van der Waals surface area contributed by atoms with E-state index < -0.39 is 0 Å². The quantitative estimate of drug-likeness (QED) is 0.846. The minimum absolute atomic E-state index is 0.642. The van der Waals surface area contributed by atoms with E-state index in [0.717, 1.165) is 25.4 Å².